The molecular formula is C24H27N5O5. The Kier molecular flexibility index (Phi) is 5.22. The molecule has 1 N–H and O–H groups in total. The van der Waals surface area contributed by atoms with Gasteiger partial charge in [-0.25, -0.2) is 4.68 Å². The second-order valence-electron chi connectivity index (χ2n) is 9.72. The van der Waals surface area contributed by atoms with Gasteiger partial charge in [0.15, 0.2) is 0 Å². The van der Waals surface area contributed by atoms with Crippen molar-refractivity contribution < 1.29 is 23.9 Å². The van der Waals surface area contributed by atoms with E-state index in [1.807, 2.05) is 23.0 Å². The van der Waals surface area contributed by atoms with Crippen LogP contribution in [0, 0.1) is 0 Å². The first-order valence-corrected chi connectivity index (χ1v) is 11.9. The normalized spacial score (nSPS) is 29.1. The Morgan fingerprint density at radius 1 is 1.18 bits per heavy atom. The Labute approximate surface area is 196 Å². The van der Waals surface area contributed by atoms with E-state index in [1.54, 1.807) is 11.0 Å². The third kappa shape index (κ3) is 3.80. The lowest BCUT2D eigenvalue weighted by molar-refractivity contribution is -0.137. The van der Waals surface area contributed by atoms with Gasteiger partial charge in [0, 0.05) is 37.1 Å². The van der Waals surface area contributed by atoms with Crippen molar-refractivity contribution in [2.24, 2.45) is 0 Å². The minimum atomic E-state index is -0.619. The smallest absolute Gasteiger partial charge is 0.255 e. The number of fused-ring (bicyclic) bond motifs is 1. The molecule has 1 aromatic heterocycles. The van der Waals surface area contributed by atoms with Crippen molar-refractivity contribution in [1.82, 2.24) is 25.2 Å². The van der Waals surface area contributed by atoms with Crippen LogP contribution in [-0.2, 0) is 32.2 Å². The van der Waals surface area contributed by atoms with Crippen LogP contribution in [0.25, 0.3) is 11.3 Å². The van der Waals surface area contributed by atoms with E-state index in [0.29, 0.717) is 31.7 Å². The molecule has 3 unspecified atom stereocenters. The van der Waals surface area contributed by atoms with Crippen molar-refractivity contribution in [2.75, 3.05) is 13.2 Å². The zero-order chi connectivity index (χ0) is 23.3. The van der Waals surface area contributed by atoms with E-state index < -0.39 is 11.9 Å². The van der Waals surface area contributed by atoms with Crippen LogP contribution in [-0.4, -0.2) is 68.6 Å². The van der Waals surface area contributed by atoms with Crippen LogP contribution >= 0.6 is 0 Å². The van der Waals surface area contributed by atoms with Gasteiger partial charge in [-0.05, 0) is 43.4 Å². The van der Waals surface area contributed by atoms with Crippen LogP contribution in [0.1, 0.15) is 54.4 Å². The fraction of sp³-hybridized carbons (Fsp3) is 0.542. The summed E-state index contributed by atoms with van der Waals surface area (Å²) in [5.74, 6) is -0.878. The first-order valence-electron chi connectivity index (χ1n) is 11.9. The van der Waals surface area contributed by atoms with E-state index in [9.17, 15) is 14.4 Å². The van der Waals surface area contributed by atoms with Crippen molar-refractivity contribution in [3.63, 3.8) is 0 Å². The maximum atomic E-state index is 12.9. The van der Waals surface area contributed by atoms with Gasteiger partial charge >= 0.3 is 0 Å². The summed E-state index contributed by atoms with van der Waals surface area (Å²) in [6.45, 7) is 2.42. The third-order valence-electron chi connectivity index (χ3n) is 7.39. The summed E-state index contributed by atoms with van der Waals surface area (Å²) >= 11 is 0. The summed E-state index contributed by atoms with van der Waals surface area (Å²) < 4.78 is 13.8. The number of carbonyl (C=O) groups excluding carboxylic acids is 3. The number of hydrogen-bond donors (Lipinski definition) is 1. The maximum absolute atomic E-state index is 12.9. The number of nitrogens with one attached hydrogen (secondary N) is 1. The van der Waals surface area contributed by atoms with E-state index in [1.165, 1.54) is 0 Å². The highest BCUT2D eigenvalue weighted by Gasteiger charge is 2.41. The fourth-order valence-electron chi connectivity index (χ4n) is 5.59. The van der Waals surface area contributed by atoms with Crippen LogP contribution < -0.4 is 5.32 Å². The van der Waals surface area contributed by atoms with Gasteiger partial charge in [0.2, 0.25) is 11.8 Å². The molecule has 0 aliphatic carbocycles. The second-order valence-corrected chi connectivity index (χ2v) is 9.72. The minimum absolute atomic E-state index is 0.0877. The molecule has 3 amide bonds. The van der Waals surface area contributed by atoms with Crippen LogP contribution in [0.2, 0.25) is 0 Å². The molecule has 34 heavy (non-hydrogen) atoms. The Bertz CT molecular complexity index is 1150. The molecular weight excluding hydrogens is 438 g/mol. The highest BCUT2D eigenvalue weighted by molar-refractivity contribution is 6.05. The molecule has 0 radical (unpaired) electrons. The molecule has 3 saturated heterocycles. The number of piperidine rings is 1. The van der Waals surface area contributed by atoms with Crippen molar-refractivity contribution in [2.45, 2.75) is 69.4 Å². The Morgan fingerprint density at radius 3 is 2.91 bits per heavy atom. The molecule has 4 aliphatic rings. The molecule has 3 fully saturated rings. The van der Waals surface area contributed by atoms with E-state index in [2.05, 4.69) is 15.6 Å². The number of aromatic nitrogens is 3. The van der Waals surface area contributed by atoms with Gasteiger partial charge in [-0.15, -0.1) is 5.10 Å². The first kappa shape index (κ1) is 21.4. The maximum Gasteiger partial charge on any atom is 0.255 e. The number of hydrogen-bond acceptors (Lipinski definition) is 7. The molecule has 3 atom stereocenters. The van der Waals surface area contributed by atoms with Gasteiger partial charge in [-0.1, -0.05) is 11.3 Å². The largest absolute Gasteiger partial charge is 0.378 e. The molecule has 2 aromatic rings. The SMILES string of the molecule is O=C1CCC(N2Cc3cc(-c4cn(CC5CCCC6(CCOC6)O5)nn4)ccc3C2=O)C(=O)N1. The summed E-state index contributed by atoms with van der Waals surface area (Å²) in [5.41, 5.74) is 2.89. The molecule has 178 valence electrons. The lowest BCUT2D eigenvalue weighted by Crippen LogP contribution is -2.52. The number of benzene rings is 1. The first-order chi connectivity index (χ1) is 16.5. The standard InChI is InChI=1S/C24H27N5O5/c30-21-6-5-20(22(31)25-21)29-11-16-10-15(3-4-18(16)23(29)32)19-13-28(27-26-19)12-17-2-1-7-24(34-17)8-9-33-14-24/h3-4,10,13,17,20H,1-2,5-9,11-12,14H2,(H,25,30,31). The van der Waals surface area contributed by atoms with Crippen molar-refractivity contribution in [3.05, 3.63) is 35.5 Å². The summed E-state index contributed by atoms with van der Waals surface area (Å²) in [5, 5.41) is 11.0. The highest BCUT2D eigenvalue weighted by Crippen LogP contribution is 2.36. The second kappa shape index (κ2) is 8.28. The van der Waals surface area contributed by atoms with Crippen LogP contribution in [0.3, 0.4) is 0 Å². The van der Waals surface area contributed by atoms with Gasteiger partial charge in [0.05, 0.1) is 31.1 Å². The molecule has 10 heteroatoms. The predicted molar refractivity (Wildman–Crippen MR) is 118 cm³/mol. The van der Waals surface area contributed by atoms with Crippen LogP contribution in [0.4, 0.5) is 0 Å². The monoisotopic (exact) mass is 465 g/mol. The number of rotatable bonds is 4. The molecule has 1 spiro atoms. The molecule has 0 saturated carbocycles. The number of imide groups is 1. The topological polar surface area (TPSA) is 116 Å². The molecule has 1 aromatic carbocycles. The Balaban J connectivity index is 1.15. The average molecular weight is 466 g/mol. The van der Waals surface area contributed by atoms with E-state index in [0.717, 1.165) is 49.1 Å². The van der Waals surface area contributed by atoms with E-state index in [4.69, 9.17) is 9.47 Å². The van der Waals surface area contributed by atoms with Gasteiger partial charge in [0.25, 0.3) is 5.91 Å². The summed E-state index contributed by atoms with van der Waals surface area (Å²) in [6.07, 6.45) is 6.71. The number of nitrogens with zero attached hydrogens (tertiary/aromatic N) is 4. The summed E-state index contributed by atoms with van der Waals surface area (Å²) in [4.78, 5) is 38.2. The number of carbonyl (C=O) groups is 3. The van der Waals surface area contributed by atoms with Gasteiger partial charge in [0.1, 0.15) is 11.7 Å². The average Bonchev–Trinajstić information content (AvgIpc) is 3.54. The van der Waals surface area contributed by atoms with Crippen molar-refractivity contribution in [1.29, 1.82) is 0 Å². The highest BCUT2D eigenvalue weighted by atomic mass is 16.6. The zero-order valence-corrected chi connectivity index (χ0v) is 18.9. The van der Waals surface area contributed by atoms with Gasteiger partial charge < -0.3 is 14.4 Å². The predicted octanol–water partition coefficient (Wildman–Crippen LogP) is 1.43. The Hall–Kier alpha value is -3.11. The quantitative estimate of drug-likeness (QED) is 0.679. The minimum Gasteiger partial charge on any atom is -0.378 e. The molecule has 0 bridgehead atoms. The summed E-state index contributed by atoms with van der Waals surface area (Å²) in [6, 6.07) is 4.97. The van der Waals surface area contributed by atoms with Gasteiger partial charge in [-0.3, -0.25) is 19.7 Å². The van der Waals surface area contributed by atoms with E-state index in [-0.39, 0.29) is 29.9 Å². The molecule has 5 heterocycles. The third-order valence-corrected chi connectivity index (χ3v) is 7.39. The van der Waals surface area contributed by atoms with Gasteiger partial charge in [-0.2, -0.15) is 0 Å². The molecule has 4 aliphatic heterocycles. The van der Waals surface area contributed by atoms with Crippen molar-refractivity contribution in [3.8, 4) is 11.3 Å². The van der Waals surface area contributed by atoms with Crippen molar-refractivity contribution >= 4 is 17.7 Å². The zero-order valence-electron chi connectivity index (χ0n) is 18.9. The summed E-state index contributed by atoms with van der Waals surface area (Å²) in [7, 11) is 0. The lowest BCUT2D eigenvalue weighted by Gasteiger charge is -2.37. The molecule has 10 nitrogen and oxygen atoms in total. The van der Waals surface area contributed by atoms with Crippen LogP contribution in [0.5, 0.6) is 0 Å². The Morgan fingerprint density at radius 2 is 2.09 bits per heavy atom. The fourth-order valence-corrected chi connectivity index (χ4v) is 5.59. The van der Waals surface area contributed by atoms with E-state index >= 15 is 0 Å². The molecule has 6 rings (SSSR count). The number of ether oxygens (including phenoxy) is 2. The lowest BCUT2D eigenvalue weighted by atomic mass is 9.91. The number of amides is 3. The van der Waals surface area contributed by atoms with Crippen LogP contribution in [0.15, 0.2) is 24.4 Å².